The van der Waals surface area contributed by atoms with Gasteiger partial charge in [0.1, 0.15) is 0 Å². The molecule has 0 aromatic rings. The number of aliphatic hydroxyl groups excluding tert-OH is 1. The summed E-state index contributed by atoms with van der Waals surface area (Å²) in [5.74, 6) is 0. The lowest BCUT2D eigenvalue weighted by Gasteiger charge is -2.28. The molecule has 2 aliphatic rings. The summed E-state index contributed by atoms with van der Waals surface area (Å²) in [5.41, 5.74) is -0.0656. The predicted molar refractivity (Wildman–Crippen MR) is 58.6 cm³/mol. The highest BCUT2D eigenvalue weighted by Gasteiger charge is 2.41. The highest BCUT2D eigenvalue weighted by Crippen LogP contribution is 2.42. The maximum atomic E-state index is 12.5. The monoisotopic (exact) mass is 243 g/mol. The van der Waals surface area contributed by atoms with Gasteiger partial charge >= 0.3 is 6.18 Å². The van der Waals surface area contributed by atoms with Gasteiger partial charge in [-0.25, -0.2) is 0 Å². The van der Waals surface area contributed by atoms with Crippen LogP contribution >= 0.6 is 0 Å². The second-order valence-corrected chi connectivity index (χ2v) is 4.28. The summed E-state index contributed by atoms with van der Waals surface area (Å²) in [6, 6.07) is 0. The van der Waals surface area contributed by atoms with Crippen LogP contribution in [0.2, 0.25) is 0 Å². The largest absolute Gasteiger partial charge is 0.416 e. The number of aliphatic hydroxyl groups is 1. The summed E-state index contributed by atoms with van der Waals surface area (Å²) in [6.45, 7) is 1.77. The lowest BCUT2D eigenvalue weighted by molar-refractivity contribution is -0.0882. The molecule has 1 unspecified atom stereocenters. The van der Waals surface area contributed by atoms with Gasteiger partial charge in [0, 0.05) is 12.8 Å². The minimum Gasteiger partial charge on any atom is -0.396 e. The van der Waals surface area contributed by atoms with Crippen molar-refractivity contribution in [3.05, 3.63) is 35.6 Å². The molecule has 0 aromatic carbocycles. The van der Waals surface area contributed by atoms with E-state index in [0.29, 0.717) is 12.1 Å². The van der Waals surface area contributed by atoms with Gasteiger partial charge in [-0.15, -0.1) is 0 Å². The summed E-state index contributed by atoms with van der Waals surface area (Å²) in [5, 5.41) is 8.90. The van der Waals surface area contributed by atoms with E-state index in [9.17, 15) is 13.2 Å². The van der Waals surface area contributed by atoms with Crippen LogP contribution in [0.3, 0.4) is 0 Å². The van der Waals surface area contributed by atoms with E-state index in [2.05, 4.69) is 4.99 Å². The molecule has 92 valence electrons. The molecule has 0 fully saturated rings. The summed E-state index contributed by atoms with van der Waals surface area (Å²) >= 11 is 0. The van der Waals surface area contributed by atoms with E-state index in [-0.39, 0.29) is 6.61 Å². The Morgan fingerprint density at radius 3 is 2.71 bits per heavy atom. The van der Waals surface area contributed by atoms with Crippen LogP contribution in [0.25, 0.3) is 0 Å². The van der Waals surface area contributed by atoms with Crippen LogP contribution in [-0.4, -0.2) is 23.6 Å². The topological polar surface area (TPSA) is 32.6 Å². The smallest absolute Gasteiger partial charge is 0.396 e. The van der Waals surface area contributed by atoms with Crippen molar-refractivity contribution in [3.63, 3.8) is 0 Å². The van der Waals surface area contributed by atoms with Crippen molar-refractivity contribution in [2.45, 2.75) is 19.5 Å². The zero-order chi connectivity index (χ0) is 12.7. The van der Waals surface area contributed by atoms with Crippen LogP contribution in [0.4, 0.5) is 13.2 Å². The molecule has 5 heteroatoms. The zero-order valence-electron chi connectivity index (χ0n) is 9.25. The van der Waals surface area contributed by atoms with E-state index in [1.165, 1.54) is 6.08 Å². The minimum absolute atomic E-state index is 0.0338. The highest BCUT2D eigenvalue weighted by atomic mass is 19.4. The fourth-order valence-electron chi connectivity index (χ4n) is 2.03. The third-order valence-electron chi connectivity index (χ3n) is 3.16. The number of hydrogen-bond donors (Lipinski definition) is 1. The van der Waals surface area contributed by atoms with Gasteiger partial charge in [0.2, 0.25) is 0 Å². The Morgan fingerprint density at radius 1 is 1.41 bits per heavy atom. The molecule has 17 heavy (non-hydrogen) atoms. The molecule has 0 bridgehead atoms. The van der Waals surface area contributed by atoms with Crippen LogP contribution in [0.1, 0.15) is 13.3 Å². The Balaban J connectivity index is 2.31. The van der Waals surface area contributed by atoms with Crippen molar-refractivity contribution in [1.29, 1.82) is 0 Å². The molecule has 0 spiro atoms. The SMILES string of the molecule is CC12C=CC(C(F)(F)F)=CC1=NC=C2CCO. The van der Waals surface area contributed by atoms with Crippen LogP contribution < -0.4 is 0 Å². The standard InChI is InChI=1S/C12H12F3NO/c1-11-4-2-8(12(13,14)15)6-10(11)16-7-9(11)3-5-17/h2,4,6-7,17H,3,5H2,1H3. The molecule has 0 aromatic heterocycles. The van der Waals surface area contributed by atoms with Crippen LogP contribution in [0, 0.1) is 5.41 Å². The molecule has 1 aliphatic carbocycles. The first-order valence-corrected chi connectivity index (χ1v) is 5.25. The summed E-state index contributed by atoms with van der Waals surface area (Å²) in [6.07, 6.45) is 1.27. The first-order chi connectivity index (χ1) is 7.88. The molecule has 1 N–H and O–H groups in total. The normalized spacial score (nSPS) is 27.5. The van der Waals surface area contributed by atoms with E-state index in [4.69, 9.17) is 5.11 Å². The fourth-order valence-corrected chi connectivity index (χ4v) is 2.03. The van der Waals surface area contributed by atoms with Gasteiger partial charge in [-0.05, 0) is 25.0 Å². The molecule has 2 rings (SSSR count). The molecule has 1 heterocycles. The van der Waals surface area contributed by atoms with Crippen LogP contribution in [0.15, 0.2) is 40.6 Å². The Kier molecular flexibility index (Phi) is 2.73. The third kappa shape index (κ3) is 1.95. The van der Waals surface area contributed by atoms with E-state index in [1.54, 1.807) is 13.1 Å². The van der Waals surface area contributed by atoms with Crippen molar-refractivity contribution in [2.75, 3.05) is 6.61 Å². The number of alkyl halides is 3. The average molecular weight is 243 g/mol. The number of fused-ring (bicyclic) bond motifs is 1. The summed E-state index contributed by atoms with van der Waals surface area (Å²) in [7, 11) is 0. The first kappa shape index (κ1) is 12.1. The van der Waals surface area contributed by atoms with Crippen molar-refractivity contribution >= 4 is 5.71 Å². The van der Waals surface area contributed by atoms with Gasteiger partial charge in [0.15, 0.2) is 0 Å². The van der Waals surface area contributed by atoms with Crippen molar-refractivity contribution < 1.29 is 18.3 Å². The molecule has 0 saturated heterocycles. The second-order valence-electron chi connectivity index (χ2n) is 4.28. The quantitative estimate of drug-likeness (QED) is 0.794. The number of aliphatic imine (C=N–C) groups is 1. The lowest BCUT2D eigenvalue weighted by Crippen LogP contribution is -2.28. The molecular weight excluding hydrogens is 231 g/mol. The zero-order valence-corrected chi connectivity index (χ0v) is 9.25. The molecule has 2 nitrogen and oxygen atoms in total. The van der Waals surface area contributed by atoms with E-state index >= 15 is 0 Å². The number of allylic oxidation sites excluding steroid dienone is 4. The number of halogens is 3. The number of nitrogens with zero attached hydrogens (tertiary/aromatic N) is 1. The van der Waals surface area contributed by atoms with E-state index < -0.39 is 17.2 Å². The average Bonchev–Trinajstić information content (AvgIpc) is 2.54. The molecule has 1 aliphatic heterocycles. The van der Waals surface area contributed by atoms with Gasteiger partial charge in [0.25, 0.3) is 0 Å². The lowest BCUT2D eigenvalue weighted by atomic mass is 9.74. The van der Waals surface area contributed by atoms with Crippen molar-refractivity contribution in [2.24, 2.45) is 10.4 Å². The van der Waals surface area contributed by atoms with Crippen LogP contribution in [-0.2, 0) is 0 Å². The maximum absolute atomic E-state index is 12.5. The second kappa shape index (κ2) is 3.84. The van der Waals surface area contributed by atoms with E-state index in [0.717, 1.165) is 17.7 Å². The van der Waals surface area contributed by atoms with E-state index in [1.807, 2.05) is 0 Å². The fraction of sp³-hybridized carbons (Fsp3) is 0.417. The van der Waals surface area contributed by atoms with Crippen molar-refractivity contribution in [3.8, 4) is 0 Å². The summed E-state index contributed by atoms with van der Waals surface area (Å²) in [4.78, 5) is 4.01. The van der Waals surface area contributed by atoms with Gasteiger partial charge in [-0.3, -0.25) is 4.99 Å². The van der Waals surface area contributed by atoms with Gasteiger partial charge < -0.3 is 5.11 Å². The highest BCUT2D eigenvalue weighted by molar-refractivity contribution is 6.07. The first-order valence-electron chi connectivity index (χ1n) is 5.25. The Labute approximate surface area is 96.9 Å². The maximum Gasteiger partial charge on any atom is 0.416 e. The predicted octanol–water partition coefficient (Wildman–Crippen LogP) is 2.77. The molecular formula is C12H12F3NO. The molecule has 0 saturated carbocycles. The number of hydrogen-bond acceptors (Lipinski definition) is 2. The molecule has 0 amide bonds. The van der Waals surface area contributed by atoms with Crippen molar-refractivity contribution in [1.82, 2.24) is 0 Å². The minimum atomic E-state index is -4.35. The number of rotatable bonds is 2. The Hall–Kier alpha value is -1.36. The Bertz CT molecular complexity index is 457. The molecule has 0 radical (unpaired) electrons. The van der Waals surface area contributed by atoms with Gasteiger partial charge in [-0.1, -0.05) is 12.2 Å². The third-order valence-corrected chi connectivity index (χ3v) is 3.16. The summed E-state index contributed by atoms with van der Waals surface area (Å²) < 4.78 is 37.6. The molecule has 1 atom stereocenters. The Morgan fingerprint density at radius 2 is 2.12 bits per heavy atom. The van der Waals surface area contributed by atoms with Gasteiger partial charge in [0.05, 0.1) is 16.7 Å². The van der Waals surface area contributed by atoms with Crippen LogP contribution in [0.5, 0.6) is 0 Å². The van der Waals surface area contributed by atoms with Gasteiger partial charge in [-0.2, -0.15) is 13.2 Å².